The van der Waals surface area contributed by atoms with E-state index < -0.39 is 76.5 Å². The van der Waals surface area contributed by atoms with Crippen molar-refractivity contribution in [2.45, 2.75) is 29.7 Å². The van der Waals surface area contributed by atoms with E-state index in [2.05, 4.69) is 28.4 Å². The summed E-state index contributed by atoms with van der Waals surface area (Å²) in [6.45, 7) is 0.650. The van der Waals surface area contributed by atoms with Crippen molar-refractivity contribution in [1.82, 2.24) is 20.5 Å². The number of nitrogens with zero attached hydrogens (tertiary/aromatic N) is 1. The number of carbonyl (C=O) groups is 5. The van der Waals surface area contributed by atoms with E-state index in [4.69, 9.17) is 44.3 Å². The maximum absolute atomic E-state index is 13.3. The number of carboxylic acid groups (broad SMARTS) is 2. The molecule has 1 aromatic rings. The zero-order valence-electron chi connectivity index (χ0n) is 20.4. The lowest BCUT2D eigenvalue weighted by molar-refractivity contribution is -0.183. The predicted molar refractivity (Wildman–Crippen MR) is 142 cm³/mol. The molecular formula is C22H25Cl3N4O9S. The Morgan fingerprint density at radius 2 is 1.67 bits per heavy atom. The van der Waals surface area contributed by atoms with Gasteiger partial charge in [0.2, 0.25) is 9.21 Å². The van der Waals surface area contributed by atoms with Gasteiger partial charge in [-0.1, -0.05) is 65.8 Å². The van der Waals surface area contributed by atoms with Crippen molar-refractivity contribution in [1.29, 1.82) is 0 Å². The number of hydrogen-bond donors (Lipinski definition) is 6. The molecule has 214 valence electrons. The normalized spacial score (nSPS) is 17.1. The molecule has 1 aliphatic rings. The van der Waals surface area contributed by atoms with Crippen molar-refractivity contribution in [2.75, 3.05) is 19.8 Å². The van der Waals surface area contributed by atoms with Crippen molar-refractivity contribution in [3.8, 4) is 5.75 Å². The number of aliphatic carboxylic acids is 2. The van der Waals surface area contributed by atoms with Crippen LogP contribution in [-0.4, -0.2) is 80.5 Å². The third kappa shape index (κ3) is 7.68. The number of β-lactam (4-membered cyclic amide) rings is 1. The molecule has 0 spiro atoms. The summed E-state index contributed by atoms with van der Waals surface area (Å²) in [4.78, 5) is 66.6. The number of alkyl halides is 3. The van der Waals surface area contributed by atoms with Crippen molar-refractivity contribution in [3.05, 3.63) is 41.6 Å². The Hall–Kier alpha value is -2.75. The highest BCUT2D eigenvalue weighted by atomic mass is 35.6. The molecule has 0 aromatic heterocycles. The molecule has 0 bridgehead atoms. The van der Waals surface area contributed by atoms with E-state index in [0.717, 1.165) is 0 Å². The van der Waals surface area contributed by atoms with Gasteiger partial charge in [0.05, 0.1) is 6.04 Å². The van der Waals surface area contributed by atoms with Gasteiger partial charge in [-0.05, 0) is 31.6 Å². The van der Waals surface area contributed by atoms with E-state index >= 15 is 0 Å². The van der Waals surface area contributed by atoms with Crippen molar-refractivity contribution in [3.63, 3.8) is 0 Å². The zero-order valence-corrected chi connectivity index (χ0v) is 23.6. The Morgan fingerprint density at radius 1 is 1.08 bits per heavy atom. The summed E-state index contributed by atoms with van der Waals surface area (Å²) in [5.74, 6) is -6.46. The highest BCUT2D eigenvalue weighted by molar-refractivity contribution is 7.78. The zero-order chi connectivity index (χ0) is 29.5. The van der Waals surface area contributed by atoms with E-state index in [1.54, 1.807) is 30.3 Å². The average molecular weight is 628 g/mol. The molecule has 1 saturated heterocycles. The Bertz CT molecular complexity index is 1130. The van der Waals surface area contributed by atoms with Crippen molar-refractivity contribution >= 4 is 77.3 Å². The molecule has 0 saturated carbocycles. The topological polar surface area (TPSA) is 184 Å². The van der Waals surface area contributed by atoms with E-state index in [-0.39, 0.29) is 5.57 Å². The number of carbonyl (C=O) groups excluding carboxylic acids is 3. The summed E-state index contributed by atoms with van der Waals surface area (Å²) >= 11 is 20.6. The smallest absolute Gasteiger partial charge is 0.355 e. The van der Waals surface area contributed by atoms with Gasteiger partial charge in [0, 0.05) is 6.54 Å². The molecule has 0 radical (unpaired) electrons. The van der Waals surface area contributed by atoms with Crippen LogP contribution in [0.15, 0.2) is 41.6 Å². The number of allylic oxidation sites excluding steroid dienone is 1. The van der Waals surface area contributed by atoms with Crippen LogP contribution >= 0.6 is 47.6 Å². The Morgan fingerprint density at radius 3 is 2.15 bits per heavy atom. The molecule has 5 N–H and O–H groups in total. The summed E-state index contributed by atoms with van der Waals surface area (Å²) < 4.78 is 8.31. The Balaban J connectivity index is 2.50. The van der Waals surface area contributed by atoms with Crippen LogP contribution in [0.1, 0.15) is 13.8 Å². The second-order valence-corrected chi connectivity index (χ2v) is 11.1. The maximum Gasteiger partial charge on any atom is 0.355 e. The molecule has 1 fully saturated rings. The second-order valence-electron chi connectivity index (χ2n) is 8.39. The number of halogens is 3. The van der Waals surface area contributed by atoms with Crippen LogP contribution in [0.3, 0.4) is 0 Å². The Labute approximate surface area is 243 Å². The van der Waals surface area contributed by atoms with Crippen LogP contribution in [-0.2, 0) is 28.7 Å². The molecule has 2 amide bonds. The van der Waals surface area contributed by atoms with Gasteiger partial charge in [-0.25, -0.2) is 15.1 Å². The lowest BCUT2D eigenvalue weighted by atomic mass is 9.70. The minimum absolute atomic E-state index is 0.143. The predicted octanol–water partition coefficient (Wildman–Crippen LogP) is 1.06. The number of nitrogens with one attached hydrogen (secondary N) is 3. The van der Waals surface area contributed by atoms with Crippen molar-refractivity contribution in [2.24, 2.45) is 5.41 Å². The fourth-order valence-electron chi connectivity index (χ4n) is 3.80. The highest BCUT2D eigenvalue weighted by Crippen LogP contribution is 2.40. The molecule has 2 rings (SSSR count). The SMILES string of the molecule is CC(C)=C(C(=O)OCC(Cl)(Cl)Cl)N1C(=O)[C@@H](NC(=O)COc2ccccc2)[C@H]1C(CNNS)(C(=O)O)C(=O)O. The maximum atomic E-state index is 13.3. The Kier molecular flexibility index (Phi) is 11.3. The van der Waals surface area contributed by atoms with Crippen LogP contribution < -0.4 is 20.3 Å². The van der Waals surface area contributed by atoms with Gasteiger partial charge in [0.25, 0.3) is 11.8 Å². The first-order valence-electron chi connectivity index (χ1n) is 11.0. The number of para-hydroxylation sites is 1. The number of hydrazine groups is 1. The third-order valence-electron chi connectivity index (χ3n) is 5.52. The number of rotatable bonds is 13. The largest absolute Gasteiger partial charge is 0.484 e. The molecule has 1 heterocycles. The highest BCUT2D eigenvalue weighted by Gasteiger charge is 2.67. The quantitative estimate of drug-likeness (QED) is 0.0350. The van der Waals surface area contributed by atoms with Gasteiger partial charge in [-0.15, -0.1) is 0 Å². The molecule has 39 heavy (non-hydrogen) atoms. The molecule has 0 aliphatic carbocycles. The third-order valence-corrected chi connectivity index (χ3v) is 6.00. The van der Waals surface area contributed by atoms with Gasteiger partial charge in [-0.2, -0.15) is 0 Å². The lowest BCUT2D eigenvalue weighted by Crippen LogP contribution is -2.79. The second kappa shape index (κ2) is 13.5. The average Bonchev–Trinajstić information content (AvgIpc) is 2.86. The molecule has 1 aromatic carbocycles. The number of thiol groups is 1. The van der Waals surface area contributed by atoms with E-state index in [1.165, 1.54) is 13.8 Å². The lowest BCUT2D eigenvalue weighted by Gasteiger charge is -2.53. The van der Waals surface area contributed by atoms with Crippen LogP contribution in [0.25, 0.3) is 0 Å². The van der Waals surface area contributed by atoms with E-state index in [9.17, 15) is 34.2 Å². The van der Waals surface area contributed by atoms with E-state index in [1.807, 2.05) is 0 Å². The summed E-state index contributed by atoms with van der Waals surface area (Å²) in [5.41, 5.74) is -0.862. The van der Waals surface area contributed by atoms with Gasteiger partial charge in [0.15, 0.2) is 6.61 Å². The molecule has 2 atom stereocenters. The number of ether oxygens (including phenoxy) is 2. The minimum atomic E-state index is -2.81. The number of hydrogen-bond acceptors (Lipinski definition) is 10. The monoisotopic (exact) mass is 626 g/mol. The van der Waals surface area contributed by atoms with E-state index in [0.29, 0.717) is 10.6 Å². The summed E-state index contributed by atoms with van der Waals surface area (Å²) in [5, 5.41) is 22.5. The fourth-order valence-corrected chi connectivity index (χ4v) is 4.05. The number of likely N-dealkylation sites (tertiary alicyclic amines) is 1. The molecule has 17 heteroatoms. The number of amides is 2. The van der Waals surface area contributed by atoms with Gasteiger partial charge >= 0.3 is 17.9 Å². The molecular weight excluding hydrogens is 603 g/mol. The van der Waals surface area contributed by atoms with Crippen LogP contribution in [0.5, 0.6) is 5.75 Å². The fraction of sp³-hybridized carbons (Fsp3) is 0.409. The van der Waals surface area contributed by atoms with Gasteiger partial charge < -0.3 is 25.0 Å². The molecule has 1 aliphatic heterocycles. The first-order valence-corrected chi connectivity index (χ1v) is 12.6. The first-order chi connectivity index (χ1) is 18.2. The number of esters is 1. The summed E-state index contributed by atoms with van der Waals surface area (Å²) in [6.07, 6.45) is 0. The number of benzene rings is 1. The van der Waals surface area contributed by atoms with Crippen LogP contribution in [0.2, 0.25) is 0 Å². The summed E-state index contributed by atoms with van der Waals surface area (Å²) in [6, 6.07) is 4.68. The van der Waals surface area contributed by atoms with Gasteiger partial charge in [0.1, 0.15) is 24.1 Å². The molecule has 13 nitrogen and oxygen atoms in total. The standard InChI is InChI=1S/C22H25Cl3N4O9S/c1-11(2)15(18(32)38-10-22(23,24)25)29-16(21(19(33)34,20(35)36)9-26-28-39)14(17(29)31)27-13(30)8-37-12-6-4-3-5-7-12/h3-7,14,16,26,28,39H,8-10H2,1-2H3,(H,27,30)(H,33,34)(H,35,36)/t14-,16-/m0/s1. The van der Waals surface area contributed by atoms with Gasteiger partial charge in [-0.3, -0.25) is 24.1 Å². The minimum Gasteiger partial charge on any atom is -0.484 e. The summed E-state index contributed by atoms with van der Waals surface area (Å²) in [7, 11) is 0. The van der Waals surface area contributed by atoms with Crippen LogP contribution in [0.4, 0.5) is 0 Å². The first kappa shape index (κ1) is 32.5. The number of carboxylic acids is 2. The van der Waals surface area contributed by atoms with Crippen LogP contribution in [0, 0.1) is 5.41 Å². The van der Waals surface area contributed by atoms with Crippen molar-refractivity contribution < 1.29 is 43.7 Å². The molecule has 0 unspecified atom stereocenters.